The van der Waals surface area contributed by atoms with E-state index in [0.717, 1.165) is 19.4 Å². The molecule has 0 radical (unpaired) electrons. The van der Waals surface area contributed by atoms with Gasteiger partial charge in [0.2, 0.25) is 11.8 Å². The van der Waals surface area contributed by atoms with Gasteiger partial charge in [-0.05, 0) is 49.7 Å². The van der Waals surface area contributed by atoms with Crippen LogP contribution in [0.2, 0.25) is 5.02 Å². The molecule has 1 fully saturated rings. The van der Waals surface area contributed by atoms with Crippen molar-refractivity contribution in [3.63, 3.8) is 0 Å². The zero-order valence-corrected chi connectivity index (χ0v) is 15.6. The van der Waals surface area contributed by atoms with Crippen molar-refractivity contribution in [3.05, 3.63) is 53.6 Å². The first kappa shape index (κ1) is 19.2. The smallest absolute Gasteiger partial charge is 0.238 e. The highest BCUT2D eigenvalue weighted by atomic mass is 35.5. The second-order valence-corrected chi connectivity index (χ2v) is 7.02. The summed E-state index contributed by atoms with van der Waals surface area (Å²) in [5.41, 5.74) is 5.90. The fourth-order valence-corrected chi connectivity index (χ4v) is 3.30. The number of anilines is 1. The molecule has 2 aromatic carbocycles. The van der Waals surface area contributed by atoms with Gasteiger partial charge in [-0.2, -0.15) is 0 Å². The molecule has 142 valence electrons. The molecule has 1 saturated heterocycles. The van der Waals surface area contributed by atoms with Crippen LogP contribution in [-0.2, 0) is 9.59 Å². The predicted octanol–water partition coefficient (Wildman–Crippen LogP) is 3.27. The largest absolute Gasteiger partial charge is 0.455 e. The number of rotatable bonds is 6. The Bertz CT molecular complexity index is 813. The van der Waals surface area contributed by atoms with Crippen LogP contribution in [0.25, 0.3) is 0 Å². The van der Waals surface area contributed by atoms with E-state index >= 15 is 0 Å². The Hall–Kier alpha value is -2.57. The summed E-state index contributed by atoms with van der Waals surface area (Å²) in [6, 6.07) is 14.4. The predicted molar refractivity (Wildman–Crippen MR) is 105 cm³/mol. The van der Waals surface area contributed by atoms with Crippen LogP contribution in [0.4, 0.5) is 5.69 Å². The van der Waals surface area contributed by atoms with E-state index in [0.29, 0.717) is 28.8 Å². The van der Waals surface area contributed by atoms with Crippen molar-refractivity contribution in [2.45, 2.75) is 12.8 Å². The number of piperidine rings is 1. The number of hydrogen-bond donors (Lipinski definition) is 2. The minimum absolute atomic E-state index is 0.182. The molecule has 0 aromatic heterocycles. The second-order valence-electron chi connectivity index (χ2n) is 6.58. The number of nitrogens with zero attached hydrogens (tertiary/aromatic N) is 1. The van der Waals surface area contributed by atoms with Gasteiger partial charge in [0.25, 0.3) is 0 Å². The molecular formula is C20H22ClN3O3. The third-order valence-corrected chi connectivity index (χ3v) is 4.70. The molecule has 1 heterocycles. The van der Waals surface area contributed by atoms with Gasteiger partial charge in [-0.1, -0.05) is 29.8 Å². The Labute approximate surface area is 163 Å². The molecule has 1 atom stereocenters. The molecule has 6 nitrogen and oxygen atoms in total. The maximum absolute atomic E-state index is 12.5. The zero-order valence-electron chi connectivity index (χ0n) is 14.9. The van der Waals surface area contributed by atoms with Crippen LogP contribution in [0, 0.1) is 5.92 Å². The molecule has 0 aliphatic carbocycles. The number of primary amides is 1. The fraction of sp³-hybridized carbons (Fsp3) is 0.300. The van der Waals surface area contributed by atoms with Crippen LogP contribution in [-0.4, -0.2) is 36.3 Å². The third kappa shape index (κ3) is 5.45. The van der Waals surface area contributed by atoms with Crippen molar-refractivity contribution in [1.29, 1.82) is 0 Å². The molecule has 27 heavy (non-hydrogen) atoms. The van der Waals surface area contributed by atoms with E-state index in [2.05, 4.69) is 5.32 Å². The number of nitrogens with one attached hydrogen (secondary N) is 1. The van der Waals surface area contributed by atoms with Gasteiger partial charge in [-0.15, -0.1) is 0 Å². The molecular weight excluding hydrogens is 366 g/mol. The molecule has 0 spiro atoms. The highest BCUT2D eigenvalue weighted by Gasteiger charge is 2.25. The van der Waals surface area contributed by atoms with Gasteiger partial charge in [0, 0.05) is 11.6 Å². The first-order valence-corrected chi connectivity index (χ1v) is 9.23. The van der Waals surface area contributed by atoms with E-state index in [-0.39, 0.29) is 24.3 Å². The van der Waals surface area contributed by atoms with Gasteiger partial charge in [0.05, 0.1) is 18.2 Å². The molecule has 2 aromatic rings. The van der Waals surface area contributed by atoms with Crippen molar-refractivity contribution in [3.8, 4) is 11.5 Å². The topological polar surface area (TPSA) is 84.7 Å². The van der Waals surface area contributed by atoms with Crippen LogP contribution < -0.4 is 15.8 Å². The molecule has 1 aliphatic rings. The van der Waals surface area contributed by atoms with E-state index in [1.54, 1.807) is 18.2 Å². The van der Waals surface area contributed by atoms with Crippen LogP contribution >= 0.6 is 11.6 Å². The summed E-state index contributed by atoms with van der Waals surface area (Å²) in [5.74, 6) is 0.465. The number of likely N-dealkylation sites (tertiary alicyclic amines) is 1. The summed E-state index contributed by atoms with van der Waals surface area (Å²) in [7, 11) is 0. The molecule has 0 saturated carbocycles. The van der Waals surface area contributed by atoms with E-state index in [9.17, 15) is 9.59 Å². The minimum atomic E-state index is -0.312. The third-order valence-electron chi connectivity index (χ3n) is 4.46. The van der Waals surface area contributed by atoms with Crippen molar-refractivity contribution in [2.24, 2.45) is 11.7 Å². The summed E-state index contributed by atoms with van der Waals surface area (Å²) in [5, 5.41) is 3.35. The van der Waals surface area contributed by atoms with Crippen molar-refractivity contribution < 1.29 is 14.3 Å². The maximum atomic E-state index is 12.5. The first-order chi connectivity index (χ1) is 13.0. The highest BCUT2D eigenvalue weighted by molar-refractivity contribution is 6.31. The average Bonchev–Trinajstić information content (AvgIpc) is 2.65. The Balaban J connectivity index is 1.66. The molecule has 0 bridgehead atoms. The number of para-hydroxylation sites is 1. The number of amides is 2. The van der Waals surface area contributed by atoms with Gasteiger partial charge in [-0.3, -0.25) is 14.5 Å². The molecule has 3 rings (SSSR count). The van der Waals surface area contributed by atoms with Crippen molar-refractivity contribution in [2.75, 3.05) is 25.0 Å². The van der Waals surface area contributed by atoms with Gasteiger partial charge in [0.15, 0.2) is 5.75 Å². The minimum Gasteiger partial charge on any atom is -0.455 e. The number of hydrogen-bond acceptors (Lipinski definition) is 4. The molecule has 1 aliphatic heterocycles. The first-order valence-electron chi connectivity index (χ1n) is 8.85. The van der Waals surface area contributed by atoms with Crippen LogP contribution in [0.3, 0.4) is 0 Å². The lowest BCUT2D eigenvalue weighted by atomic mass is 9.97. The number of halogens is 1. The summed E-state index contributed by atoms with van der Waals surface area (Å²) in [6.45, 7) is 1.45. The molecule has 3 N–H and O–H groups in total. The summed E-state index contributed by atoms with van der Waals surface area (Å²) in [6.07, 6.45) is 1.62. The Morgan fingerprint density at radius 2 is 2.00 bits per heavy atom. The van der Waals surface area contributed by atoms with E-state index in [4.69, 9.17) is 22.1 Å². The van der Waals surface area contributed by atoms with Gasteiger partial charge >= 0.3 is 0 Å². The normalized spacial score (nSPS) is 17.3. The number of nitrogens with two attached hydrogens (primary N) is 1. The fourth-order valence-electron chi connectivity index (χ4n) is 3.13. The van der Waals surface area contributed by atoms with E-state index in [1.165, 1.54) is 0 Å². The standard InChI is InChI=1S/C20H22ClN3O3/c21-15-8-9-18(27-16-6-2-1-3-7-16)17(11-15)23-19(25)13-24-10-4-5-14(12-24)20(22)26/h1-3,6-9,11,14H,4-5,10,12-13H2,(H2,22,26)(H,23,25)/t14-/m1/s1. The zero-order chi connectivity index (χ0) is 19.2. The Morgan fingerprint density at radius 1 is 1.22 bits per heavy atom. The van der Waals surface area contributed by atoms with E-state index < -0.39 is 0 Å². The average molecular weight is 388 g/mol. The number of carbonyl (C=O) groups excluding carboxylic acids is 2. The lowest BCUT2D eigenvalue weighted by Gasteiger charge is -2.30. The summed E-state index contributed by atoms with van der Waals surface area (Å²) < 4.78 is 5.86. The lowest BCUT2D eigenvalue weighted by Crippen LogP contribution is -2.44. The molecule has 0 unspecified atom stereocenters. The molecule has 2 amide bonds. The van der Waals surface area contributed by atoms with Crippen molar-refractivity contribution in [1.82, 2.24) is 4.90 Å². The van der Waals surface area contributed by atoms with Crippen LogP contribution in [0.15, 0.2) is 48.5 Å². The monoisotopic (exact) mass is 387 g/mol. The van der Waals surface area contributed by atoms with E-state index in [1.807, 2.05) is 35.2 Å². The van der Waals surface area contributed by atoms with Gasteiger partial charge < -0.3 is 15.8 Å². The number of ether oxygens (including phenoxy) is 1. The van der Waals surface area contributed by atoms with Gasteiger partial charge in [0.1, 0.15) is 5.75 Å². The summed E-state index contributed by atoms with van der Waals surface area (Å²) >= 11 is 6.08. The highest BCUT2D eigenvalue weighted by Crippen LogP contribution is 2.32. The van der Waals surface area contributed by atoms with Gasteiger partial charge in [-0.25, -0.2) is 0 Å². The number of carbonyl (C=O) groups is 2. The SMILES string of the molecule is NC(=O)[C@@H]1CCCN(CC(=O)Nc2cc(Cl)ccc2Oc2ccccc2)C1. The maximum Gasteiger partial charge on any atom is 0.238 e. The second kappa shape index (κ2) is 8.88. The summed E-state index contributed by atoms with van der Waals surface area (Å²) in [4.78, 5) is 25.8. The lowest BCUT2D eigenvalue weighted by molar-refractivity contribution is -0.125. The Morgan fingerprint density at radius 3 is 2.74 bits per heavy atom. The Kier molecular flexibility index (Phi) is 6.32. The van der Waals surface area contributed by atoms with Crippen molar-refractivity contribution >= 4 is 29.1 Å². The molecule has 7 heteroatoms. The van der Waals surface area contributed by atoms with Crippen LogP contribution in [0.1, 0.15) is 12.8 Å². The number of benzene rings is 2. The quantitative estimate of drug-likeness (QED) is 0.796. The van der Waals surface area contributed by atoms with Crippen LogP contribution in [0.5, 0.6) is 11.5 Å².